The molecule has 9 heteroatoms. The SMILES string of the molecule is CC(C)(C)C([SiH2]c1c(F)c(OB(O)O)c([SiH2]C(C(C)(C)C)C(C)(C)C)c([SiH2]C(C(C)(C)C)C(C)(C)C)c1[SiH2]C(C(C)(C)C)C(C)(C)C)C(C)(C)C. The Hall–Kier alpha value is -0.198. The topological polar surface area (TPSA) is 49.7 Å². The van der Waals surface area contributed by atoms with E-state index in [-0.39, 0.29) is 54.9 Å². The third-order valence-corrected chi connectivity index (χ3v) is 29.8. The molecule has 0 aliphatic carbocycles. The average molecular weight is 781 g/mol. The first-order chi connectivity index (χ1) is 22.1. The Labute approximate surface area is 327 Å². The lowest BCUT2D eigenvalue weighted by Gasteiger charge is -2.46. The van der Waals surface area contributed by atoms with Crippen molar-refractivity contribution in [3.63, 3.8) is 0 Å². The third kappa shape index (κ3) is 13.5. The van der Waals surface area contributed by atoms with Crippen LogP contribution in [0, 0.1) is 49.1 Å². The van der Waals surface area contributed by atoms with Gasteiger partial charge in [-0.1, -0.05) is 177 Å². The Morgan fingerprint density at radius 1 is 0.392 bits per heavy atom. The molecule has 1 rings (SSSR count). The first kappa shape index (κ1) is 48.8. The van der Waals surface area contributed by atoms with E-state index in [1.807, 2.05) is 0 Å². The molecule has 0 radical (unpaired) electrons. The standard InChI is InChI=1S/C42H86BFO3Si4/c1-35(2,3)31(36(4,5)6)48-27-25(44)26(47-43(45)46)28(49-32(37(7,8)9)38(10,11)12)30(51-34(41(19,20)21)42(22,23)24)29(27)50-33(39(13,14)15)40(16,17)18/h31-34,45-46H,48-51H2,1-24H3. The number of halogens is 1. The zero-order valence-corrected chi connectivity index (χ0v) is 44.1. The van der Waals surface area contributed by atoms with Gasteiger partial charge < -0.3 is 14.7 Å². The highest BCUT2D eigenvalue weighted by atomic mass is 28.2. The fourth-order valence-corrected chi connectivity index (χ4v) is 23.6. The van der Waals surface area contributed by atoms with Crippen LogP contribution in [0.4, 0.5) is 4.39 Å². The lowest BCUT2D eigenvalue weighted by Crippen LogP contribution is -2.63. The summed E-state index contributed by atoms with van der Waals surface area (Å²) in [6, 6.07) is 0. The molecule has 0 aliphatic heterocycles. The normalized spacial score (nSPS) is 15.7. The van der Waals surface area contributed by atoms with Crippen LogP contribution in [-0.4, -0.2) is 55.4 Å². The summed E-state index contributed by atoms with van der Waals surface area (Å²) in [5.41, 5.74) is 1.80. The maximum atomic E-state index is 18.1. The van der Waals surface area contributed by atoms with Crippen molar-refractivity contribution in [1.82, 2.24) is 0 Å². The van der Waals surface area contributed by atoms with Crippen molar-refractivity contribution in [1.29, 1.82) is 0 Å². The second kappa shape index (κ2) is 16.1. The van der Waals surface area contributed by atoms with Crippen molar-refractivity contribution >= 4 is 66.1 Å². The smallest absolute Gasteiger partial charge is 0.510 e. The van der Waals surface area contributed by atoms with E-state index in [0.717, 1.165) is 10.4 Å². The summed E-state index contributed by atoms with van der Waals surface area (Å²) in [4.78, 5) is 0. The van der Waals surface area contributed by atoms with Crippen molar-refractivity contribution in [2.75, 3.05) is 0 Å². The molecule has 51 heavy (non-hydrogen) atoms. The summed E-state index contributed by atoms with van der Waals surface area (Å²) in [5.74, 6) is -0.0775. The largest absolute Gasteiger partial charge is 0.707 e. The van der Waals surface area contributed by atoms with Gasteiger partial charge in [0.2, 0.25) is 0 Å². The molecule has 0 saturated carbocycles. The van der Waals surface area contributed by atoms with Gasteiger partial charge in [0.05, 0.1) is 38.1 Å². The number of benzene rings is 1. The quantitative estimate of drug-likeness (QED) is 0.255. The van der Waals surface area contributed by atoms with Gasteiger partial charge in [0.25, 0.3) is 0 Å². The van der Waals surface area contributed by atoms with Crippen molar-refractivity contribution in [3.8, 4) is 5.75 Å². The van der Waals surface area contributed by atoms with Gasteiger partial charge in [-0.2, -0.15) is 0 Å². The molecule has 0 bridgehead atoms. The van der Waals surface area contributed by atoms with E-state index in [1.54, 1.807) is 0 Å². The molecule has 0 aliphatic rings. The third-order valence-electron chi connectivity index (χ3n) is 12.1. The van der Waals surface area contributed by atoms with Crippen molar-refractivity contribution in [2.24, 2.45) is 43.3 Å². The monoisotopic (exact) mass is 781 g/mol. The predicted molar refractivity (Wildman–Crippen MR) is 241 cm³/mol. The van der Waals surface area contributed by atoms with E-state index in [2.05, 4.69) is 166 Å². The Kier molecular flexibility index (Phi) is 15.4. The molecule has 1 aromatic carbocycles. The Bertz CT molecular complexity index is 1250. The second-order valence-electron chi connectivity index (χ2n) is 25.0. The van der Waals surface area contributed by atoms with Crippen LogP contribution in [0.3, 0.4) is 0 Å². The molecule has 0 spiro atoms. The summed E-state index contributed by atoms with van der Waals surface area (Å²) < 4.78 is 24.1. The highest BCUT2D eigenvalue weighted by Crippen LogP contribution is 2.48. The van der Waals surface area contributed by atoms with Crippen LogP contribution in [-0.2, 0) is 0 Å². The summed E-state index contributed by atoms with van der Waals surface area (Å²) in [5, 5.41) is 25.9. The zero-order chi connectivity index (χ0) is 40.9. The van der Waals surface area contributed by atoms with E-state index in [1.165, 1.54) is 10.4 Å². The molecule has 0 saturated heterocycles. The Balaban J connectivity index is 4.89. The van der Waals surface area contributed by atoms with E-state index in [0.29, 0.717) is 22.2 Å². The van der Waals surface area contributed by atoms with Crippen LogP contribution in [0.25, 0.3) is 0 Å². The van der Waals surface area contributed by atoms with Crippen molar-refractivity contribution in [2.45, 2.75) is 188 Å². The van der Waals surface area contributed by atoms with E-state index in [9.17, 15) is 10.0 Å². The zero-order valence-electron chi connectivity index (χ0n) is 38.4. The van der Waals surface area contributed by atoms with Crippen LogP contribution < -0.4 is 25.4 Å². The molecule has 0 amide bonds. The first-order valence-electron chi connectivity index (χ1n) is 20.0. The fraction of sp³-hybridized carbons (Fsp3) is 0.857. The number of rotatable bonds is 10. The van der Waals surface area contributed by atoms with Crippen LogP contribution in [0.5, 0.6) is 5.75 Å². The van der Waals surface area contributed by atoms with Gasteiger partial charge in [-0.3, -0.25) is 0 Å². The highest BCUT2D eigenvalue weighted by molar-refractivity contribution is 6.80. The molecule has 0 fully saturated rings. The molecule has 0 aromatic heterocycles. The molecule has 0 atom stereocenters. The molecular formula is C42H86BFO3Si4. The van der Waals surface area contributed by atoms with Crippen LogP contribution in [0.2, 0.25) is 22.2 Å². The molecule has 298 valence electrons. The summed E-state index contributed by atoms with van der Waals surface area (Å²) in [6.07, 6.45) is 0. The number of hydrogen-bond donors (Lipinski definition) is 2. The maximum absolute atomic E-state index is 18.1. The van der Waals surface area contributed by atoms with E-state index in [4.69, 9.17) is 4.65 Å². The molecular weight excluding hydrogens is 695 g/mol. The molecule has 0 heterocycles. The van der Waals surface area contributed by atoms with Gasteiger partial charge in [0, 0.05) is 0 Å². The summed E-state index contributed by atoms with van der Waals surface area (Å²) >= 11 is 0. The van der Waals surface area contributed by atoms with Crippen LogP contribution in [0.15, 0.2) is 0 Å². The average Bonchev–Trinajstić information content (AvgIpc) is 2.79. The highest BCUT2D eigenvalue weighted by Gasteiger charge is 2.45. The Morgan fingerprint density at radius 3 is 0.804 bits per heavy atom. The van der Waals surface area contributed by atoms with Gasteiger partial charge in [0.15, 0.2) is 5.82 Å². The second-order valence-corrected chi connectivity index (χ2v) is 32.7. The maximum Gasteiger partial charge on any atom is 0.707 e. The van der Waals surface area contributed by atoms with Crippen LogP contribution in [0.1, 0.15) is 166 Å². The minimum absolute atomic E-state index is 0.00371. The molecule has 3 nitrogen and oxygen atoms in total. The van der Waals surface area contributed by atoms with Gasteiger partial charge in [0.1, 0.15) is 5.75 Å². The number of hydrogen-bond acceptors (Lipinski definition) is 3. The molecule has 2 N–H and O–H groups in total. The molecule has 0 unspecified atom stereocenters. The summed E-state index contributed by atoms with van der Waals surface area (Å²) in [6.45, 7) is 56.7. The van der Waals surface area contributed by atoms with Crippen molar-refractivity contribution < 1.29 is 19.1 Å². The minimum atomic E-state index is -2.07. The van der Waals surface area contributed by atoms with Crippen molar-refractivity contribution in [3.05, 3.63) is 5.82 Å². The van der Waals surface area contributed by atoms with E-state index < -0.39 is 45.4 Å². The lowest BCUT2D eigenvalue weighted by molar-refractivity contribution is 0.232. The minimum Gasteiger partial charge on any atom is -0.510 e. The van der Waals surface area contributed by atoms with Gasteiger partial charge in [-0.25, -0.2) is 4.39 Å². The lowest BCUT2D eigenvalue weighted by atomic mass is 9.76. The van der Waals surface area contributed by atoms with E-state index >= 15 is 4.39 Å². The fourth-order valence-electron chi connectivity index (χ4n) is 10.5. The van der Waals surface area contributed by atoms with Crippen LogP contribution >= 0.6 is 0 Å². The first-order valence-corrected chi connectivity index (χ1v) is 26.1. The summed E-state index contributed by atoms with van der Waals surface area (Å²) in [7, 11) is -6.56. The van der Waals surface area contributed by atoms with Gasteiger partial charge in [-0.15, -0.1) is 0 Å². The Morgan fingerprint density at radius 2 is 0.588 bits per heavy atom. The predicted octanol–water partition coefficient (Wildman–Crippen LogP) is 6.87. The van der Waals surface area contributed by atoms with Gasteiger partial charge >= 0.3 is 7.32 Å². The van der Waals surface area contributed by atoms with Gasteiger partial charge in [-0.05, 0) is 75.9 Å². The molecule has 1 aromatic rings.